The van der Waals surface area contributed by atoms with E-state index in [9.17, 15) is 39.0 Å². The standard InChI is InChI=1S/C23H32N4O10/c1-11(2)19(23(36)37)27-22(35)16(10-18(31)32)26-21(34)15(7-8-17(29)30)25-20(33)14(24)9-12-3-5-13(28)6-4-12/h3-6,11,14-16,19,28H,7-10,24H2,1-2H3,(H,25,33)(H,26,34)(H,27,35)(H,29,30)(H,31,32)(H,36,37). The first-order valence-corrected chi connectivity index (χ1v) is 11.3. The molecule has 1 aromatic rings. The van der Waals surface area contributed by atoms with Gasteiger partial charge in [0.15, 0.2) is 0 Å². The van der Waals surface area contributed by atoms with Crippen molar-refractivity contribution < 1.29 is 49.2 Å². The van der Waals surface area contributed by atoms with Gasteiger partial charge < -0.3 is 42.1 Å². The normalized spacial score (nSPS) is 14.1. The number of benzene rings is 1. The lowest BCUT2D eigenvalue weighted by Gasteiger charge is -2.25. The summed E-state index contributed by atoms with van der Waals surface area (Å²) in [6.45, 7) is 3.03. The van der Waals surface area contributed by atoms with Crippen molar-refractivity contribution in [2.24, 2.45) is 11.7 Å². The van der Waals surface area contributed by atoms with Crippen molar-refractivity contribution in [2.45, 2.75) is 63.7 Å². The number of nitrogens with one attached hydrogen (secondary N) is 3. The highest BCUT2D eigenvalue weighted by Gasteiger charge is 2.32. The van der Waals surface area contributed by atoms with Gasteiger partial charge in [0, 0.05) is 6.42 Å². The lowest BCUT2D eigenvalue weighted by molar-refractivity contribution is -0.144. The molecule has 1 aromatic carbocycles. The van der Waals surface area contributed by atoms with Gasteiger partial charge in [0.2, 0.25) is 17.7 Å². The third kappa shape index (κ3) is 10.9. The van der Waals surface area contributed by atoms with Gasteiger partial charge in [-0.1, -0.05) is 26.0 Å². The molecule has 1 rings (SSSR count). The molecule has 37 heavy (non-hydrogen) atoms. The van der Waals surface area contributed by atoms with E-state index in [-0.39, 0.29) is 12.2 Å². The molecule has 0 aliphatic carbocycles. The molecule has 0 radical (unpaired) electrons. The van der Waals surface area contributed by atoms with Crippen LogP contribution in [-0.4, -0.2) is 80.2 Å². The van der Waals surface area contributed by atoms with Crippen LogP contribution in [0, 0.1) is 5.92 Å². The van der Waals surface area contributed by atoms with E-state index in [2.05, 4.69) is 16.0 Å². The minimum atomic E-state index is -1.71. The molecule has 0 bridgehead atoms. The van der Waals surface area contributed by atoms with Gasteiger partial charge in [-0.15, -0.1) is 0 Å². The molecule has 9 N–H and O–H groups in total. The third-order valence-corrected chi connectivity index (χ3v) is 5.25. The van der Waals surface area contributed by atoms with Gasteiger partial charge in [0.1, 0.15) is 23.9 Å². The lowest BCUT2D eigenvalue weighted by Crippen LogP contribution is -2.58. The molecule has 0 heterocycles. The summed E-state index contributed by atoms with van der Waals surface area (Å²) >= 11 is 0. The smallest absolute Gasteiger partial charge is 0.326 e. The number of phenols is 1. The van der Waals surface area contributed by atoms with Gasteiger partial charge in [-0.25, -0.2) is 4.79 Å². The van der Waals surface area contributed by atoms with Crippen LogP contribution in [0.5, 0.6) is 5.75 Å². The Bertz CT molecular complexity index is 996. The number of nitrogens with two attached hydrogens (primary N) is 1. The van der Waals surface area contributed by atoms with Crippen LogP contribution in [0.2, 0.25) is 0 Å². The second kappa shape index (κ2) is 14.4. The fourth-order valence-electron chi connectivity index (χ4n) is 3.22. The maximum absolute atomic E-state index is 12.9. The Morgan fingerprint density at radius 1 is 0.811 bits per heavy atom. The minimum absolute atomic E-state index is 0.00944. The maximum Gasteiger partial charge on any atom is 0.326 e. The molecule has 14 heteroatoms. The van der Waals surface area contributed by atoms with Crippen LogP contribution in [0.4, 0.5) is 0 Å². The maximum atomic E-state index is 12.9. The van der Waals surface area contributed by atoms with Crippen molar-refractivity contribution >= 4 is 35.6 Å². The van der Waals surface area contributed by atoms with Crippen molar-refractivity contribution in [1.29, 1.82) is 0 Å². The summed E-state index contributed by atoms with van der Waals surface area (Å²) in [4.78, 5) is 71.8. The Balaban J connectivity index is 3.01. The molecule has 0 fully saturated rings. The van der Waals surface area contributed by atoms with Gasteiger partial charge in [-0.3, -0.25) is 24.0 Å². The summed E-state index contributed by atoms with van der Waals surface area (Å²) in [5, 5.41) is 43.4. The number of carbonyl (C=O) groups excluding carboxylic acids is 3. The SMILES string of the molecule is CC(C)C(NC(=O)C(CC(=O)O)NC(=O)C(CCC(=O)O)NC(=O)C(N)Cc1ccc(O)cc1)C(=O)O. The van der Waals surface area contributed by atoms with Crippen LogP contribution in [-0.2, 0) is 35.2 Å². The molecule has 0 saturated heterocycles. The van der Waals surface area contributed by atoms with E-state index < -0.39 is 85.0 Å². The predicted molar refractivity (Wildman–Crippen MR) is 127 cm³/mol. The second-order valence-corrected chi connectivity index (χ2v) is 8.70. The lowest BCUT2D eigenvalue weighted by atomic mass is 10.0. The quantitative estimate of drug-likeness (QED) is 0.135. The molecule has 4 atom stereocenters. The van der Waals surface area contributed by atoms with Crippen LogP contribution in [0.3, 0.4) is 0 Å². The molecular weight excluding hydrogens is 492 g/mol. The Morgan fingerprint density at radius 3 is 1.84 bits per heavy atom. The molecule has 4 unspecified atom stereocenters. The largest absolute Gasteiger partial charge is 0.508 e. The van der Waals surface area contributed by atoms with Crippen LogP contribution >= 0.6 is 0 Å². The Morgan fingerprint density at radius 2 is 1.35 bits per heavy atom. The van der Waals surface area contributed by atoms with Crippen molar-refractivity contribution in [2.75, 3.05) is 0 Å². The van der Waals surface area contributed by atoms with Gasteiger partial charge in [-0.2, -0.15) is 0 Å². The zero-order valence-corrected chi connectivity index (χ0v) is 20.3. The number of aliphatic carboxylic acids is 3. The fourth-order valence-corrected chi connectivity index (χ4v) is 3.22. The second-order valence-electron chi connectivity index (χ2n) is 8.70. The number of carboxylic acids is 3. The number of phenolic OH excluding ortho intramolecular Hbond substituents is 1. The summed E-state index contributed by atoms with van der Waals surface area (Å²) in [6.07, 6.45) is -1.82. The topological polar surface area (TPSA) is 245 Å². The summed E-state index contributed by atoms with van der Waals surface area (Å²) in [7, 11) is 0. The van der Waals surface area contributed by atoms with Crippen molar-refractivity contribution in [1.82, 2.24) is 16.0 Å². The van der Waals surface area contributed by atoms with Gasteiger partial charge >= 0.3 is 17.9 Å². The van der Waals surface area contributed by atoms with E-state index in [1.807, 2.05) is 0 Å². The first kappa shape index (κ1) is 30.8. The molecule has 3 amide bonds. The summed E-state index contributed by atoms with van der Waals surface area (Å²) < 4.78 is 0. The molecule has 0 aliphatic heterocycles. The Hall–Kier alpha value is -4.20. The average Bonchev–Trinajstić information content (AvgIpc) is 2.79. The highest BCUT2D eigenvalue weighted by Crippen LogP contribution is 2.11. The summed E-state index contributed by atoms with van der Waals surface area (Å²) in [5.41, 5.74) is 6.50. The van der Waals surface area contributed by atoms with E-state index in [4.69, 9.17) is 15.9 Å². The molecular formula is C23H32N4O10. The summed E-state index contributed by atoms with van der Waals surface area (Å²) in [6, 6.07) is 0.141. The van der Waals surface area contributed by atoms with E-state index in [1.165, 1.54) is 38.1 Å². The first-order chi connectivity index (χ1) is 17.2. The molecule has 14 nitrogen and oxygen atoms in total. The highest BCUT2D eigenvalue weighted by atomic mass is 16.4. The number of aromatic hydroxyl groups is 1. The van der Waals surface area contributed by atoms with Crippen LogP contribution in [0.1, 0.15) is 38.7 Å². The number of rotatable bonds is 15. The van der Waals surface area contributed by atoms with Crippen molar-refractivity contribution in [3.8, 4) is 5.75 Å². The van der Waals surface area contributed by atoms with Crippen LogP contribution in [0.25, 0.3) is 0 Å². The zero-order valence-electron chi connectivity index (χ0n) is 20.3. The van der Waals surface area contributed by atoms with E-state index in [1.54, 1.807) is 0 Å². The molecule has 0 aromatic heterocycles. The number of hydrogen-bond donors (Lipinski definition) is 8. The van der Waals surface area contributed by atoms with E-state index >= 15 is 0 Å². The van der Waals surface area contributed by atoms with Crippen molar-refractivity contribution in [3.63, 3.8) is 0 Å². The number of carboxylic acid groups (broad SMARTS) is 3. The predicted octanol–water partition coefficient (Wildman–Crippen LogP) is -1.20. The van der Waals surface area contributed by atoms with Crippen LogP contribution < -0.4 is 21.7 Å². The van der Waals surface area contributed by atoms with E-state index in [0.717, 1.165) is 0 Å². The zero-order chi connectivity index (χ0) is 28.3. The highest BCUT2D eigenvalue weighted by molar-refractivity contribution is 5.95. The number of carbonyl (C=O) groups is 6. The number of hydrogen-bond acceptors (Lipinski definition) is 8. The average molecular weight is 525 g/mol. The number of amides is 3. The van der Waals surface area contributed by atoms with Gasteiger partial charge in [0.25, 0.3) is 0 Å². The fraction of sp³-hybridized carbons (Fsp3) is 0.478. The monoisotopic (exact) mass is 524 g/mol. The molecule has 0 aliphatic rings. The Kier molecular flexibility index (Phi) is 12.0. The molecule has 0 spiro atoms. The Labute approximate surface area is 212 Å². The van der Waals surface area contributed by atoms with Crippen molar-refractivity contribution in [3.05, 3.63) is 29.8 Å². The van der Waals surface area contributed by atoms with E-state index in [0.29, 0.717) is 5.56 Å². The molecule has 0 saturated carbocycles. The first-order valence-electron chi connectivity index (χ1n) is 11.3. The molecule has 204 valence electrons. The van der Waals surface area contributed by atoms with Gasteiger partial charge in [-0.05, 0) is 36.5 Å². The third-order valence-electron chi connectivity index (χ3n) is 5.25. The van der Waals surface area contributed by atoms with Crippen LogP contribution in [0.15, 0.2) is 24.3 Å². The minimum Gasteiger partial charge on any atom is -0.508 e. The van der Waals surface area contributed by atoms with Gasteiger partial charge in [0.05, 0.1) is 12.5 Å². The summed E-state index contributed by atoms with van der Waals surface area (Å²) in [5.74, 6) is -7.61.